The summed E-state index contributed by atoms with van der Waals surface area (Å²) in [5.41, 5.74) is 2.23. The van der Waals surface area contributed by atoms with Crippen molar-refractivity contribution in [2.45, 2.75) is 31.8 Å². The molecule has 1 amide bonds. The topological polar surface area (TPSA) is 68.3 Å². The first-order valence-corrected chi connectivity index (χ1v) is 9.03. The fourth-order valence-electron chi connectivity index (χ4n) is 1.96. The second-order valence-corrected chi connectivity index (χ2v) is 6.99. The molecule has 7 heteroatoms. The van der Waals surface area contributed by atoms with Gasteiger partial charge in [0, 0.05) is 11.1 Å². The van der Waals surface area contributed by atoms with E-state index in [-0.39, 0.29) is 5.75 Å². The van der Waals surface area contributed by atoms with E-state index in [1.54, 1.807) is 12.1 Å². The van der Waals surface area contributed by atoms with Crippen molar-refractivity contribution in [1.82, 2.24) is 4.98 Å². The summed E-state index contributed by atoms with van der Waals surface area (Å²) in [4.78, 5) is 29.0. The molecule has 0 bridgehead atoms. The van der Waals surface area contributed by atoms with Crippen LogP contribution in [0.5, 0.6) is 0 Å². The Bertz CT molecular complexity index is 765. The lowest BCUT2D eigenvalue weighted by Crippen LogP contribution is -2.30. The van der Waals surface area contributed by atoms with E-state index in [1.807, 2.05) is 32.0 Å². The Hall–Kier alpha value is -2.05. The van der Waals surface area contributed by atoms with Crippen LogP contribution in [0.15, 0.2) is 41.4 Å². The number of esters is 1. The molecule has 2 rings (SSSR count). The average Bonchev–Trinajstić information content (AvgIpc) is 2.57. The van der Waals surface area contributed by atoms with Crippen LogP contribution in [-0.4, -0.2) is 28.7 Å². The molecule has 0 aliphatic heterocycles. The van der Waals surface area contributed by atoms with Crippen LogP contribution in [0.3, 0.4) is 0 Å². The van der Waals surface area contributed by atoms with E-state index >= 15 is 0 Å². The van der Waals surface area contributed by atoms with Gasteiger partial charge in [0.05, 0.1) is 10.8 Å². The molecule has 25 heavy (non-hydrogen) atoms. The molecule has 0 unspecified atom stereocenters. The Morgan fingerprint density at radius 2 is 2.04 bits per heavy atom. The van der Waals surface area contributed by atoms with Gasteiger partial charge in [-0.2, -0.15) is 0 Å². The maximum atomic E-state index is 12.0. The van der Waals surface area contributed by atoms with E-state index in [9.17, 15) is 9.59 Å². The second-order valence-electron chi connectivity index (χ2n) is 5.54. The molecule has 1 heterocycles. The van der Waals surface area contributed by atoms with Gasteiger partial charge >= 0.3 is 5.97 Å². The van der Waals surface area contributed by atoms with Crippen molar-refractivity contribution in [1.29, 1.82) is 0 Å². The third-order valence-corrected chi connectivity index (χ3v) is 4.70. The van der Waals surface area contributed by atoms with Gasteiger partial charge in [-0.15, -0.1) is 11.8 Å². The summed E-state index contributed by atoms with van der Waals surface area (Å²) < 4.78 is 5.17. The number of amides is 1. The predicted octanol–water partition coefficient (Wildman–Crippen LogP) is 4.01. The minimum absolute atomic E-state index is 0.140. The van der Waals surface area contributed by atoms with Crippen LogP contribution in [0, 0.1) is 13.8 Å². The van der Waals surface area contributed by atoms with E-state index in [2.05, 4.69) is 10.3 Å². The molecule has 0 radical (unpaired) electrons. The van der Waals surface area contributed by atoms with Crippen molar-refractivity contribution < 1.29 is 14.3 Å². The molecule has 0 saturated carbocycles. The highest BCUT2D eigenvalue weighted by molar-refractivity contribution is 8.00. The molecular formula is C18H19ClN2O3S. The molecule has 0 aliphatic rings. The molecule has 0 saturated heterocycles. The van der Waals surface area contributed by atoms with Gasteiger partial charge in [0.1, 0.15) is 5.82 Å². The first kappa shape index (κ1) is 19.3. The number of thioether (sulfide) groups is 1. The van der Waals surface area contributed by atoms with Crippen LogP contribution in [0.2, 0.25) is 5.02 Å². The lowest BCUT2D eigenvalue weighted by molar-refractivity contribution is -0.150. The highest BCUT2D eigenvalue weighted by Crippen LogP contribution is 2.23. The number of carbonyl (C=O) groups is 2. The smallest absolute Gasteiger partial charge is 0.317 e. The van der Waals surface area contributed by atoms with Gasteiger partial charge in [-0.25, -0.2) is 4.98 Å². The molecular weight excluding hydrogens is 360 g/mol. The van der Waals surface area contributed by atoms with Crippen LogP contribution in [-0.2, 0) is 14.3 Å². The number of pyridine rings is 1. The molecule has 0 fully saturated rings. The number of hydrogen-bond donors (Lipinski definition) is 1. The van der Waals surface area contributed by atoms with E-state index in [0.29, 0.717) is 10.8 Å². The van der Waals surface area contributed by atoms with Gasteiger partial charge in [-0.3, -0.25) is 9.59 Å². The SMILES string of the molecule is Cc1ccc(C)c(SCC(=O)O[C@@H](C)C(=O)Nc2ccc(Cl)cn2)c1. The monoisotopic (exact) mass is 378 g/mol. The molecule has 0 aliphatic carbocycles. The number of aromatic nitrogens is 1. The summed E-state index contributed by atoms with van der Waals surface area (Å²) in [7, 11) is 0. The summed E-state index contributed by atoms with van der Waals surface area (Å²) in [6.45, 7) is 5.51. The van der Waals surface area contributed by atoms with Crippen LogP contribution in [0.4, 0.5) is 5.82 Å². The number of rotatable bonds is 6. The molecule has 0 spiro atoms. The Labute approximate surface area is 156 Å². The van der Waals surface area contributed by atoms with Crippen molar-refractivity contribution in [3.05, 3.63) is 52.7 Å². The number of carbonyl (C=O) groups excluding carboxylic acids is 2. The summed E-state index contributed by atoms with van der Waals surface area (Å²) >= 11 is 7.13. The summed E-state index contributed by atoms with van der Waals surface area (Å²) in [6.07, 6.45) is 0.512. The standard InChI is InChI=1S/C18H19ClN2O3S/c1-11-4-5-12(2)15(8-11)25-10-17(22)24-13(3)18(23)21-16-7-6-14(19)9-20-16/h4-9,13H,10H2,1-3H3,(H,20,21,23)/t13-/m0/s1. The van der Waals surface area contributed by atoms with Gasteiger partial charge in [-0.05, 0) is 44.5 Å². The van der Waals surface area contributed by atoms with Crippen LogP contribution in [0.1, 0.15) is 18.1 Å². The Balaban J connectivity index is 1.83. The van der Waals surface area contributed by atoms with Gasteiger partial charge in [0.25, 0.3) is 5.91 Å². The number of benzene rings is 1. The Morgan fingerprint density at radius 1 is 1.28 bits per heavy atom. The fraction of sp³-hybridized carbons (Fsp3) is 0.278. The van der Waals surface area contributed by atoms with Gasteiger partial charge in [0.15, 0.2) is 6.10 Å². The van der Waals surface area contributed by atoms with E-state index < -0.39 is 18.0 Å². The van der Waals surface area contributed by atoms with Crippen LogP contribution < -0.4 is 5.32 Å². The Morgan fingerprint density at radius 3 is 2.72 bits per heavy atom. The lowest BCUT2D eigenvalue weighted by Gasteiger charge is -2.13. The first-order valence-electron chi connectivity index (χ1n) is 7.67. The second kappa shape index (κ2) is 8.87. The van der Waals surface area contributed by atoms with Crippen molar-refractivity contribution in [2.24, 2.45) is 0 Å². The molecule has 1 atom stereocenters. The van der Waals surface area contributed by atoms with Crippen LogP contribution in [0.25, 0.3) is 0 Å². The van der Waals surface area contributed by atoms with Gasteiger partial charge in [0.2, 0.25) is 0 Å². The van der Waals surface area contributed by atoms with Crippen LogP contribution >= 0.6 is 23.4 Å². The van der Waals surface area contributed by atoms with E-state index in [0.717, 1.165) is 16.0 Å². The highest BCUT2D eigenvalue weighted by Gasteiger charge is 2.18. The van der Waals surface area contributed by atoms with Crippen molar-refractivity contribution in [3.63, 3.8) is 0 Å². The normalized spacial score (nSPS) is 11.7. The number of nitrogens with zero attached hydrogens (tertiary/aromatic N) is 1. The molecule has 132 valence electrons. The minimum atomic E-state index is -0.913. The maximum absolute atomic E-state index is 12.0. The van der Waals surface area contributed by atoms with E-state index in [1.165, 1.54) is 24.9 Å². The zero-order valence-electron chi connectivity index (χ0n) is 14.2. The third-order valence-electron chi connectivity index (χ3n) is 3.35. The number of nitrogens with one attached hydrogen (secondary N) is 1. The molecule has 1 N–H and O–H groups in total. The molecule has 1 aromatic carbocycles. The average molecular weight is 379 g/mol. The summed E-state index contributed by atoms with van der Waals surface area (Å²) in [6, 6.07) is 9.25. The summed E-state index contributed by atoms with van der Waals surface area (Å²) in [5, 5.41) is 3.05. The highest BCUT2D eigenvalue weighted by atomic mass is 35.5. The number of ether oxygens (including phenoxy) is 1. The fourth-order valence-corrected chi connectivity index (χ4v) is 2.98. The van der Waals surface area contributed by atoms with E-state index in [4.69, 9.17) is 16.3 Å². The maximum Gasteiger partial charge on any atom is 0.317 e. The molecule has 2 aromatic rings. The largest absolute Gasteiger partial charge is 0.452 e. The zero-order valence-corrected chi connectivity index (χ0v) is 15.8. The summed E-state index contributed by atoms with van der Waals surface area (Å²) in [5.74, 6) is -0.402. The lowest BCUT2D eigenvalue weighted by atomic mass is 10.2. The molecule has 1 aromatic heterocycles. The van der Waals surface area contributed by atoms with Crippen molar-refractivity contribution in [2.75, 3.05) is 11.1 Å². The van der Waals surface area contributed by atoms with Gasteiger partial charge in [-0.1, -0.05) is 29.3 Å². The Kier molecular flexibility index (Phi) is 6.84. The number of anilines is 1. The number of hydrogen-bond acceptors (Lipinski definition) is 5. The number of halogens is 1. The quantitative estimate of drug-likeness (QED) is 0.607. The van der Waals surface area contributed by atoms with Gasteiger partial charge < -0.3 is 10.1 Å². The third kappa shape index (κ3) is 6.07. The minimum Gasteiger partial charge on any atom is -0.452 e. The van der Waals surface area contributed by atoms with Crippen molar-refractivity contribution in [3.8, 4) is 0 Å². The zero-order chi connectivity index (χ0) is 18.4. The first-order chi connectivity index (χ1) is 11.8. The van der Waals surface area contributed by atoms with Crippen molar-refractivity contribution >= 4 is 41.1 Å². The predicted molar refractivity (Wildman–Crippen MR) is 100 cm³/mol. The number of aryl methyl sites for hydroxylation is 2. The molecule has 5 nitrogen and oxygen atoms in total.